The van der Waals surface area contributed by atoms with Gasteiger partial charge in [0.2, 0.25) is 0 Å². The van der Waals surface area contributed by atoms with Crippen molar-refractivity contribution in [3.63, 3.8) is 0 Å². The predicted octanol–water partition coefficient (Wildman–Crippen LogP) is 5.40. The molecule has 0 saturated heterocycles. The highest BCUT2D eigenvalue weighted by Crippen LogP contribution is 2.30. The average Bonchev–Trinajstić information content (AvgIpc) is 2.81. The molecule has 0 aliphatic carbocycles. The van der Waals surface area contributed by atoms with Crippen LogP contribution in [0.5, 0.6) is 0 Å². The van der Waals surface area contributed by atoms with Gasteiger partial charge in [-0.3, -0.25) is 0 Å². The summed E-state index contributed by atoms with van der Waals surface area (Å²) in [5.74, 6) is 5.25. The molecule has 164 valence electrons. The number of benzene rings is 3. The van der Waals surface area contributed by atoms with Crippen LogP contribution in [0.2, 0.25) is 0 Å². The van der Waals surface area contributed by atoms with Crippen LogP contribution in [-0.2, 0) is 12.8 Å². The maximum absolute atomic E-state index is 13.5. The zero-order valence-corrected chi connectivity index (χ0v) is 18.0. The summed E-state index contributed by atoms with van der Waals surface area (Å²) < 4.78 is 13.5. The van der Waals surface area contributed by atoms with E-state index in [0.29, 0.717) is 18.4 Å². The quantitative estimate of drug-likeness (QED) is 0.350. The molecule has 0 fully saturated rings. The normalized spacial score (nSPS) is 11.6. The third-order valence-electron chi connectivity index (χ3n) is 5.54. The summed E-state index contributed by atoms with van der Waals surface area (Å²) in [6.45, 7) is 2.06. The maximum Gasteiger partial charge on any atom is 0.335 e. The SMILES string of the molecule is CCCc1cc(C(=O)O)ccc1CCC(c1ccc(F)cc1)N(N)c1ccc(C#N)cc1. The summed E-state index contributed by atoms with van der Waals surface area (Å²) in [5, 5.41) is 20.0. The van der Waals surface area contributed by atoms with E-state index in [1.807, 2.05) is 6.07 Å². The van der Waals surface area contributed by atoms with Crippen LogP contribution in [-0.4, -0.2) is 11.1 Å². The van der Waals surface area contributed by atoms with Crippen molar-refractivity contribution in [1.82, 2.24) is 0 Å². The highest BCUT2D eigenvalue weighted by atomic mass is 19.1. The van der Waals surface area contributed by atoms with Crippen molar-refractivity contribution in [3.05, 3.63) is 100 Å². The number of nitrogens with two attached hydrogens (primary N) is 1. The van der Waals surface area contributed by atoms with Crippen molar-refractivity contribution in [1.29, 1.82) is 5.26 Å². The largest absolute Gasteiger partial charge is 0.478 e. The average molecular weight is 432 g/mol. The third kappa shape index (κ3) is 5.51. The van der Waals surface area contributed by atoms with Gasteiger partial charge in [-0.25, -0.2) is 15.0 Å². The van der Waals surface area contributed by atoms with Crippen molar-refractivity contribution < 1.29 is 14.3 Å². The lowest BCUT2D eigenvalue weighted by molar-refractivity contribution is 0.0696. The molecule has 0 aliphatic heterocycles. The summed E-state index contributed by atoms with van der Waals surface area (Å²) in [7, 11) is 0. The standard InChI is InChI=1S/C26H26FN3O2/c1-2-3-21-16-22(26(31)32)7-6-19(21)10-15-25(20-8-11-23(27)12-9-20)30(29)24-13-4-18(17-28)5-14-24/h4-9,11-14,16,25H,2-3,10,15,29H2,1H3,(H,31,32). The molecule has 0 saturated carbocycles. The van der Waals surface area contributed by atoms with E-state index < -0.39 is 5.97 Å². The minimum absolute atomic E-state index is 0.239. The fourth-order valence-electron chi connectivity index (χ4n) is 3.84. The Hall–Kier alpha value is -3.69. The molecule has 5 nitrogen and oxygen atoms in total. The zero-order valence-electron chi connectivity index (χ0n) is 18.0. The van der Waals surface area contributed by atoms with E-state index >= 15 is 0 Å². The molecule has 0 aliphatic rings. The first-order valence-electron chi connectivity index (χ1n) is 10.6. The van der Waals surface area contributed by atoms with Crippen LogP contribution < -0.4 is 10.9 Å². The first kappa shape index (κ1) is 23.0. The van der Waals surface area contributed by atoms with Crippen LogP contribution >= 0.6 is 0 Å². The van der Waals surface area contributed by atoms with Crippen LogP contribution in [0.3, 0.4) is 0 Å². The molecule has 3 N–H and O–H groups in total. The van der Waals surface area contributed by atoms with E-state index in [2.05, 4.69) is 13.0 Å². The number of rotatable bonds is 9. The van der Waals surface area contributed by atoms with E-state index in [-0.39, 0.29) is 17.4 Å². The van der Waals surface area contributed by atoms with E-state index in [1.54, 1.807) is 53.5 Å². The van der Waals surface area contributed by atoms with Crippen molar-refractivity contribution in [2.45, 2.75) is 38.6 Å². The van der Waals surface area contributed by atoms with Gasteiger partial charge < -0.3 is 10.1 Å². The minimum Gasteiger partial charge on any atom is -0.478 e. The minimum atomic E-state index is -0.938. The fraction of sp³-hybridized carbons (Fsp3) is 0.231. The molecular formula is C26H26FN3O2. The first-order valence-corrected chi connectivity index (χ1v) is 10.6. The van der Waals surface area contributed by atoms with Gasteiger partial charge in [0.25, 0.3) is 0 Å². The highest BCUT2D eigenvalue weighted by molar-refractivity contribution is 5.87. The number of aromatic carboxylic acids is 1. The summed E-state index contributed by atoms with van der Waals surface area (Å²) in [4.78, 5) is 11.4. The van der Waals surface area contributed by atoms with Crippen molar-refractivity contribution in [2.24, 2.45) is 5.84 Å². The topological polar surface area (TPSA) is 90.3 Å². The molecule has 32 heavy (non-hydrogen) atoms. The lowest BCUT2D eigenvalue weighted by Gasteiger charge is -2.30. The molecule has 0 amide bonds. The number of carbonyl (C=O) groups is 1. The summed E-state index contributed by atoms with van der Waals surface area (Å²) in [6.07, 6.45) is 3.03. The molecule has 1 atom stereocenters. The summed E-state index contributed by atoms with van der Waals surface area (Å²) in [6, 6.07) is 20.4. The van der Waals surface area contributed by atoms with Gasteiger partial charge >= 0.3 is 5.97 Å². The van der Waals surface area contributed by atoms with Gasteiger partial charge in [-0.05, 0) is 84.5 Å². The Morgan fingerprint density at radius 2 is 1.75 bits per heavy atom. The highest BCUT2D eigenvalue weighted by Gasteiger charge is 2.20. The number of nitriles is 1. The Morgan fingerprint density at radius 3 is 2.34 bits per heavy atom. The van der Waals surface area contributed by atoms with Crippen LogP contribution in [0.4, 0.5) is 10.1 Å². The second-order valence-corrected chi connectivity index (χ2v) is 7.71. The van der Waals surface area contributed by atoms with Crippen LogP contribution in [0.15, 0.2) is 66.7 Å². The molecule has 0 spiro atoms. The number of hydrogen-bond acceptors (Lipinski definition) is 4. The Kier molecular flexibility index (Phi) is 7.58. The van der Waals surface area contributed by atoms with Crippen molar-refractivity contribution in [2.75, 3.05) is 5.01 Å². The third-order valence-corrected chi connectivity index (χ3v) is 5.54. The van der Waals surface area contributed by atoms with Gasteiger partial charge in [-0.15, -0.1) is 0 Å². The van der Waals surface area contributed by atoms with Gasteiger partial charge in [0.15, 0.2) is 0 Å². The van der Waals surface area contributed by atoms with Gasteiger partial charge in [0.05, 0.1) is 28.9 Å². The molecule has 0 aromatic heterocycles. The smallest absolute Gasteiger partial charge is 0.335 e. The van der Waals surface area contributed by atoms with E-state index in [1.165, 1.54) is 12.1 Å². The molecule has 3 aromatic carbocycles. The number of carboxylic acids is 1. The zero-order chi connectivity index (χ0) is 23.1. The number of nitrogens with zero attached hydrogens (tertiary/aromatic N) is 2. The lowest BCUT2D eigenvalue weighted by atomic mass is 9.93. The summed E-state index contributed by atoms with van der Waals surface area (Å²) in [5.41, 5.74) is 4.55. The molecule has 3 rings (SSSR count). The van der Waals surface area contributed by atoms with E-state index in [0.717, 1.165) is 35.2 Å². The second-order valence-electron chi connectivity index (χ2n) is 7.71. The number of halogens is 1. The predicted molar refractivity (Wildman–Crippen MR) is 123 cm³/mol. The molecule has 0 radical (unpaired) electrons. The monoisotopic (exact) mass is 431 g/mol. The number of hydrazine groups is 1. The number of aryl methyl sites for hydroxylation is 2. The molecule has 1 unspecified atom stereocenters. The Bertz CT molecular complexity index is 1110. The second kappa shape index (κ2) is 10.6. The lowest BCUT2D eigenvalue weighted by Crippen LogP contribution is -2.35. The number of carboxylic acid groups (broad SMARTS) is 1. The van der Waals surface area contributed by atoms with Crippen LogP contribution in [0, 0.1) is 17.1 Å². The van der Waals surface area contributed by atoms with E-state index in [9.17, 15) is 14.3 Å². The number of hydrogen-bond donors (Lipinski definition) is 2. The Balaban J connectivity index is 1.90. The molecular weight excluding hydrogens is 405 g/mol. The summed E-state index contributed by atoms with van der Waals surface area (Å²) >= 11 is 0. The Morgan fingerprint density at radius 1 is 1.06 bits per heavy atom. The molecule has 0 heterocycles. The van der Waals surface area contributed by atoms with Crippen LogP contribution in [0.1, 0.15) is 58.4 Å². The van der Waals surface area contributed by atoms with Gasteiger partial charge in [0, 0.05) is 0 Å². The number of anilines is 1. The Labute approximate surface area is 187 Å². The van der Waals surface area contributed by atoms with Gasteiger partial charge in [-0.2, -0.15) is 5.26 Å². The van der Waals surface area contributed by atoms with Crippen molar-refractivity contribution >= 4 is 11.7 Å². The fourth-order valence-corrected chi connectivity index (χ4v) is 3.84. The molecule has 6 heteroatoms. The maximum atomic E-state index is 13.5. The molecule has 0 bridgehead atoms. The van der Waals surface area contributed by atoms with Gasteiger partial charge in [-0.1, -0.05) is 31.5 Å². The first-order chi connectivity index (χ1) is 15.4. The van der Waals surface area contributed by atoms with Gasteiger partial charge in [0.1, 0.15) is 5.82 Å². The molecule has 3 aromatic rings. The van der Waals surface area contributed by atoms with E-state index in [4.69, 9.17) is 11.1 Å². The van der Waals surface area contributed by atoms with Crippen LogP contribution in [0.25, 0.3) is 0 Å². The van der Waals surface area contributed by atoms with Crippen molar-refractivity contribution in [3.8, 4) is 6.07 Å².